The zero-order valence-electron chi connectivity index (χ0n) is 12.4. The summed E-state index contributed by atoms with van der Waals surface area (Å²) in [5, 5.41) is 10.0. The predicted octanol–water partition coefficient (Wildman–Crippen LogP) is 2.62. The summed E-state index contributed by atoms with van der Waals surface area (Å²) in [5.74, 6) is 0.344. The van der Waals surface area contributed by atoms with Crippen molar-refractivity contribution in [2.24, 2.45) is 0 Å². The van der Waals surface area contributed by atoms with Crippen molar-refractivity contribution in [2.75, 3.05) is 6.61 Å². The fourth-order valence-corrected chi connectivity index (χ4v) is 3.03. The maximum Gasteiger partial charge on any atom is 0.258 e. The number of hydrogen-bond donors (Lipinski definition) is 2. The number of hydrogen-bond acceptors (Lipinski definition) is 4. The Kier molecular flexibility index (Phi) is 4.81. The van der Waals surface area contributed by atoms with E-state index in [9.17, 15) is 9.90 Å². The van der Waals surface area contributed by atoms with E-state index in [1.165, 1.54) is 6.42 Å². The molecule has 1 aromatic heterocycles. The summed E-state index contributed by atoms with van der Waals surface area (Å²) >= 11 is 0. The van der Waals surface area contributed by atoms with E-state index in [1.807, 2.05) is 13.8 Å². The van der Waals surface area contributed by atoms with Gasteiger partial charge in [0.25, 0.3) is 5.56 Å². The second-order valence-corrected chi connectivity index (χ2v) is 5.45. The fourth-order valence-electron chi connectivity index (χ4n) is 3.03. The molecule has 2 rings (SSSR count). The summed E-state index contributed by atoms with van der Waals surface area (Å²) in [4.78, 5) is 19.2. The summed E-state index contributed by atoms with van der Waals surface area (Å²) in [6, 6.07) is 0. The van der Waals surface area contributed by atoms with Gasteiger partial charge in [0, 0.05) is 6.61 Å². The molecule has 0 bridgehead atoms. The SMILES string of the molecule is CCCc1c(O)nc(C2(OCC)CCCCC2)[nH]c1=O. The molecule has 1 fully saturated rings. The molecule has 0 spiro atoms. The maximum absolute atomic E-state index is 12.1. The smallest absolute Gasteiger partial charge is 0.258 e. The molecule has 0 aliphatic heterocycles. The Labute approximate surface area is 119 Å². The molecule has 0 unspecified atom stereocenters. The lowest BCUT2D eigenvalue weighted by molar-refractivity contribution is -0.0771. The van der Waals surface area contributed by atoms with E-state index in [-0.39, 0.29) is 11.4 Å². The van der Waals surface area contributed by atoms with Gasteiger partial charge in [-0.3, -0.25) is 4.79 Å². The average Bonchev–Trinajstić information content (AvgIpc) is 2.44. The first-order valence-electron chi connectivity index (χ1n) is 7.59. The van der Waals surface area contributed by atoms with Crippen molar-refractivity contribution in [2.45, 2.75) is 64.4 Å². The van der Waals surface area contributed by atoms with Gasteiger partial charge in [-0.15, -0.1) is 0 Å². The van der Waals surface area contributed by atoms with Crippen LogP contribution in [0.5, 0.6) is 5.88 Å². The molecule has 0 aromatic carbocycles. The molecule has 5 heteroatoms. The van der Waals surface area contributed by atoms with Crippen molar-refractivity contribution in [1.82, 2.24) is 9.97 Å². The van der Waals surface area contributed by atoms with E-state index in [4.69, 9.17) is 4.74 Å². The minimum absolute atomic E-state index is 0.143. The summed E-state index contributed by atoms with van der Waals surface area (Å²) < 4.78 is 5.92. The number of H-pyrrole nitrogens is 1. The van der Waals surface area contributed by atoms with Crippen molar-refractivity contribution in [3.05, 3.63) is 21.7 Å². The zero-order valence-corrected chi connectivity index (χ0v) is 12.4. The van der Waals surface area contributed by atoms with Crippen molar-refractivity contribution < 1.29 is 9.84 Å². The van der Waals surface area contributed by atoms with Crippen LogP contribution in [0, 0.1) is 0 Å². The van der Waals surface area contributed by atoms with Gasteiger partial charge >= 0.3 is 0 Å². The van der Waals surface area contributed by atoms with Crippen molar-refractivity contribution in [3.63, 3.8) is 0 Å². The monoisotopic (exact) mass is 280 g/mol. The van der Waals surface area contributed by atoms with Gasteiger partial charge in [-0.05, 0) is 26.2 Å². The first-order valence-corrected chi connectivity index (χ1v) is 7.59. The Bertz CT molecular complexity index is 499. The lowest BCUT2D eigenvalue weighted by atomic mass is 9.83. The number of ether oxygens (including phenoxy) is 1. The van der Waals surface area contributed by atoms with E-state index in [0.717, 1.165) is 32.1 Å². The van der Waals surface area contributed by atoms with Crippen molar-refractivity contribution in [1.29, 1.82) is 0 Å². The van der Waals surface area contributed by atoms with Crippen molar-refractivity contribution in [3.8, 4) is 5.88 Å². The second-order valence-electron chi connectivity index (χ2n) is 5.45. The van der Waals surface area contributed by atoms with E-state index < -0.39 is 5.60 Å². The van der Waals surface area contributed by atoms with Crippen LogP contribution in [0.25, 0.3) is 0 Å². The molecule has 2 N–H and O–H groups in total. The minimum Gasteiger partial charge on any atom is -0.493 e. The molecular weight excluding hydrogens is 256 g/mol. The second kappa shape index (κ2) is 6.39. The van der Waals surface area contributed by atoms with Crippen LogP contribution < -0.4 is 5.56 Å². The highest BCUT2D eigenvalue weighted by molar-refractivity contribution is 5.24. The molecule has 112 valence electrons. The lowest BCUT2D eigenvalue weighted by Gasteiger charge is -2.35. The van der Waals surface area contributed by atoms with E-state index in [2.05, 4.69) is 9.97 Å². The number of nitrogens with zero attached hydrogens (tertiary/aromatic N) is 1. The third-order valence-corrected chi connectivity index (χ3v) is 4.01. The molecule has 0 radical (unpaired) electrons. The van der Waals surface area contributed by atoms with Gasteiger partial charge in [0.15, 0.2) is 0 Å². The van der Waals surface area contributed by atoms with Gasteiger partial charge in [0.05, 0.1) is 5.56 Å². The molecule has 5 nitrogen and oxygen atoms in total. The summed E-state index contributed by atoms with van der Waals surface area (Å²) in [5.41, 5.74) is -0.397. The van der Waals surface area contributed by atoms with Crippen molar-refractivity contribution >= 4 is 0 Å². The molecule has 0 saturated heterocycles. The number of nitrogens with one attached hydrogen (secondary N) is 1. The van der Waals surface area contributed by atoms with Gasteiger partial charge in [-0.2, -0.15) is 4.98 Å². The molecule has 1 saturated carbocycles. The van der Waals surface area contributed by atoms with E-state index in [0.29, 0.717) is 24.4 Å². The molecule has 1 aliphatic rings. The standard InChI is InChI=1S/C15H24N2O3/c1-3-8-11-12(18)16-14(17-13(11)19)15(20-4-2)9-6-5-7-10-15/h3-10H2,1-2H3,(H2,16,17,18,19). The van der Waals surface area contributed by atoms with Gasteiger partial charge < -0.3 is 14.8 Å². The number of aromatic nitrogens is 2. The molecule has 1 aromatic rings. The maximum atomic E-state index is 12.1. The first-order chi connectivity index (χ1) is 9.63. The molecule has 1 heterocycles. The molecule has 20 heavy (non-hydrogen) atoms. The number of aromatic hydroxyl groups is 1. The van der Waals surface area contributed by atoms with Gasteiger partial charge in [0.2, 0.25) is 5.88 Å². The Morgan fingerprint density at radius 2 is 2.00 bits per heavy atom. The average molecular weight is 280 g/mol. The number of aromatic amines is 1. The van der Waals surface area contributed by atoms with Crippen LogP contribution in [-0.4, -0.2) is 21.7 Å². The van der Waals surface area contributed by atoms with Crippen LogP contribution in [0.1, 0.15) is 63.8 Å². The summed E-state index contributed by atoms with van der Waals surface area (Å²) in [7, 11) is 0. The van der Waals surface area contributed by atoms with Crippen LogP contribution in [0.15, 0.2) is 4.79 Å². The van der Waals surface area contributed by atoms with Gasteiger partial charge in [0.1, 0.15) is 11.4 Å². The molecular formula is C15H24N2O3. The highest BCUT2D eigenvalue weighted by Gasteiger charge is 2.37. The highest BCUT2D eigenvalue weighted by Crippen LogP contribution is 2.39. The first kappa shape index (κ1) is 15.0. The third kappa shape index (κ3) is 2.87. The largest absolute Gasteiger partial charge is 0.493 e. The molecule has 0 amide bonds. The lowest BCUT2D eigenvalue weighted by Crippen LogP contribution is -2.36. The number of rotatable bonds is 5. The Morgan fingerprint density at radius 3 is 2.55 bits per heavy atom. The van der Waals surface area contributed by atoms with Crippen LogP contribution in [-0.2, 0) is 16.8 Å². The highest BCUT2D eigenvalue weighted by atomic mass is 16.5. The fraction of sp³-hybridized carbons (Fsp3) is 0.733. The van der Waals surface area contributed by atoms with Crippen LogP contribution in [0.4, 0.5) is 0 Å². The Balaban J connectivity index is 2.41. The van der Waals surface area contributed by atoms with Gasteiger partial charge in [-0.1, -0.05) is 32.6 Å². The summed E-state index contributed by atoms with van der Waals surface area (Å²) in [6.45, 7) is 4.48. The topological polar surface area (TPSA) is 75.2 Å². The normalized spacial score (nSPS) is 18.1. The van der Waals surface area contributed by atoms with Crippen LogP contribution >= 0.6 is 0 Å². The van der Waals surface area contributed by atoms with Crippen LogP contribution in [0.2, 0.25) is 0 Å². The minimum atomic E-state index is -0.533. The third-order valence-electron chi connectivity index (χ3n) is 4.01. The predicted molar refractivity (Wildman–Crippen MR) is 76.9 cm³/mol. The summed E-state index contributed by atoms with van der Waals surface area (Å²) in [6.07, 6.45) is 6.32. The van der Waals surface area contributed by atoms with Crippen LogP contribution in [0.3, 0.4) is 0 Å². The van der Waals surface area contributed by atoms with Gasteiger partial charge in [-0.25, -0.2) is 0 Å². The Morgan fingerprint density at radius 1 is 1.30 bits per heavy atom. The quantitative estimate of drug-likeness (QED) is 0.869. The van der Waals surface area contributed by atoms with E-state index in [1.54, 1.807) is 0 Å². The molecule has 0 atom stereocenters. The molecule has 1 aliphatic carbocycles. The van der Waals surface area contributed by atoms with E-state index >= 15 is 0 Å². The zero-order chi connectivity index (χ0) is 14.6. The Hall–Kier alpha value is -1.36.